The van der Waals surface area contributed by atoms with Gasteiger partial charge >= 0.3 is 6.03 Å². The fraction of sp³-hybridized carbons (Fsp3) is 0.500. The van der Waals surface area contributed by atoms with Crippen LogP contribution >= 0.6 is 0 Å². The van der Waals surface area contributed by atoms with E-state index in [1.807, 2.05) is 5.32 Å². The highest BCUT2D eigenvalue weighted by Crippen LogP contribution is 1.97. The third-order valence-corrected chi connectivity index (χ3v) is 2.03. The number of nitriles is 1. The molecule has 9 heteroatoms. The van der Waals surface area contributed by atoms with Crippen molar-refractivity contribution in [3.63, 3.8) is 0 Å². The van der Waals surface area contributed by atoms with Crippen LogP contribution in [0.5, 0.6) is 0 Å². The van der Waals surface area contributed by atoms with Crippen LogP contribution in [-0.4, -0.2) is 35.3 Å². The Morgan fingerprint density at radius 1 is 1.26 bits per heavy atom. The zero-order chi connectivity index (χ0) is 14.7. The van der Waals surface area contributed by atoms with Crippen LogP contribution in [0.4, 0.5) is 4.79 Å². The number of nitrogens with two attached hydrogens (primary N) is 1. The molecule has 9 nitrogen and oxygen atoms in total. The van der Waals surface area contributed by atoms with Crippen LogP contribution in [0.25, 0.3) is 0 Å². The third-order valence-electron chi connectivity index (χ3n) is 2.03. The lowest BCUT2D eigenvalue weighted by molar-refractivity contribution is -0.118. The zero-order valence-electron chi connectivity index (χ0n) is 10.2. The molecule has 0 aliphatic carbocycles. The number of rotatable bonds is 7. The number of unbranched alkanes of at least 4 members (excludes halogenated alkanes) is 2. The van der Waals surface area contributed by atoms with Gasteiger partial charge in [0, 0.05) is 13.0 Å². The van der Waals surface area contributed by atoms with E-state index in [0.29, 0.717) is 32.2 Å². The van der Waals surface area contributed by atoms with Gasteiger partial charge in [-0.1, -0.05) is 11.6 Å². The van der Waals surface area contributed by atoms with E-state index in [1.165, 1.54) is 6.07 Å². The fourth-order valence-corrected chi connectivity index (χ4v) is 1.13. The Balaban J connectivity index is 3.74. The van der Waals surface area contributed by atoms with Gasteiger partial charge in [-0.25, -0.2) is 4.79 Å². The molecular weight excluding hydrogens is 254 g/mol. The summed E-state index contributed by atoms with van der Waals surface area (Å²) >= 11 is 0. The number of hydrogen-bond donors (Lipinski definition) is 4. The molecule has 0 rings (SSSR count). The minimum atomic E-state index is -1.09. The highest BCUT2D eigenvalue weighted by atomic mass is 16.4. The van der Waals surface area contributed by atoms with Crippen molar-refractivity contribution in [3.8, 4) is 6.07 Å². The minimum Gasteiger partial charge on any atom is -0.410 e. The van der Waals surface area contributed by atoms with Gasteiger partial charge in [-0.3, -0.25) is 14.9 Å². The first kappa shape index (κ1) is 16.4. The minimum absolute atomic E-state index is 0.295. The lowest BCUT2D eigenvalue weighted by Crippen LogP contribution is -2.42. The number of primary amides is 1. The third kappa shape index (κ3) is 8.14. The van der Waals surface area contributed by atoms with Crippen molar-refractivity contribution in [3.05, 3.63) is 0 Å². The number of imide groups is 1. The summed E-state index contributed by atoms with van der Waals surface area (Å²) in [6, 6.07) is 0.521. The number of oxime groups is 1. The van der Waals surface area contributed by atoms with Crippen LogP contribution in [0.2, 0.25) is 0 Å². The Labute approximate surface area is 109 Å². The van der Waals surface area contributed by atoms with E-state index in [4.69, 9.17) is 16.2 Å². The van der Waals surface area contributed by atoms with E-state index in [1.54, 1.807) is 0 Å². The maximum atomic E-state index is 11.2. The number of nitrogens with one attached hydrogen (secondary N) is 2. The lowest BCUT2D eigenvalue weighted by atomic mass is 10.2. The zero-order valence-corrected chi connectivity index (χ0v) is 10.2. The predicted octanol–water partition coefficient (Wildman–Crippen LogP) is -0.788. The highest BCUT2D eigenvalue weighted by molar-refractivity contribution is 6.46. The average molecular weight is 269 g/mol. The Morgan fingerprint density at radius 3 is 2.47 bits per heavy atom. The topological polar surface area (TPSA) is 158 Å². The van der Waals surface area contributed by atoms with Gasteiger partial charge in [0.1, 0.15) is 6.07 Å². The van der Waals surface area contributed by atoms with Gasteiger partial charge in [-0.2, -0.15) is 5.26 Å². The standard InChI is InChI=1S/C10H15N5O4/c11-6-7(15-19)9(17)14-10(18)13-5-3-1-2-4-8(12)16/h19H,1-5H2,(H2,12,16)(H2,13,14,17,18). The van der Waals surface area contributed by atoms with Gasteiger partial charge in [0.05, 0.1) is 0 Å². The van der Waals surface area contributed by atoms with Crippen molar-refractivity contribution >= 4 is 23.6 Å². The molecule has 0 heterocycles. The van der Waals surface area contributed by atoms with Crippen molar-refractivity contribution in [1.29, 1.82) is 5.26 Å². The van der Waals surface area contributed by atoms with Crippen molar-refractivity contribution in [1.82, 2.24) is 10.6 Å². The molecule has 0 fully saturated rings. The Bertz CT molecular complexity index is 413. The average Bonchev–Trinajstić information content (AvgIpc) is 2.34. The fourth-order valence-electron chi connectivity index (χ4n) is 1.13. The van der Waals surface area contributed by atoms with E-state index in [0.717, 1.165) is 0 Å². The summed E-state index contributed by atoms with van der Waals surface area (Å²) in [5, 5.41) is 23.2. The van der Waals surface area contributed by atoms with Gasteiger partial charge in [-0.05, 0) is 12.8 Å². The van der Waals surface area contributed by atoms with E-state index >= 15 is 0 Å². The molecule has 5 N–H and O–H groups in total. The van der Waals surface area contributed by atoms with Crippen molar-refractivity contribution < 1.29 is 19.6 Å². The first-order chi connectivity index (χ1) is 9.01. The van der Waals surface area contributed by atoms with E-state index in [-0.39, 0.29) is 5.91 Å². The summed E-state index contributed by atoms with van der Waals surface area (Å²) in [4.78, 5) is 32.7. The van der Waals surface area contributed by atoms with Crippen LogP contribution in [0.3, 0.4) is 0 Å². The van der Waals surface area contributed by atoms with Crippen LogP contribution < -0.4 is 16.4 Å². The summed E-state index contributed by atoms with van der Waals surface area (Å²) in [5.41, 5.74) is 4.14. The lowest BCUT2D eigenvalue weighted by Gasteiger charge is -2.05. The molecule has 104 valence electrons. The Kier molecular flexibility index (Phi) is 8.10. The molecule has 4 amide bonds. The quantitative estimate of drug-likeness (QED) is 0.206. The summed E-state index contributed by atoms with van der Waals surface area (Å²) in [7, 11) is 0. The molecular formula is C10H15N5O4. The molecule has 0 unspecified atom stereocenters. The second kappa shape index (κ2) is 9.41. The number of amides is 4. The molecule has 0 radical (unpaired) electrons. The molecule has 0 bridgehead atoms. The van der Waals surface area contributed by atoms with Gasteiger partial charge in [0.2, 0.25) is 11.6 Å². The SMILES string of the molecule is N#CC(=NO)C(=O)NC(=O)NCCCCCC(N)=O. The van der Waals surface area contributed by atoms with Gasteiger partial charge in [0.25, 0.3) is 5.91 Å². The van der Waals surface area contributed by atoms with Crippen LogP contribution in [0, 0.1) is 11.3 Å². The summed E-state index contributed by atoms with van der Waals surface area (Å²) in [6.45, 7) is 0.302. The summed E-state index contributed by atoms with van der Waals surface area (Å²) < 4.78 is 0. The number of hydrogen-bond acceptors (Lipinski definition) is 6. The summed E-state index contributed by atoms with van der Waals surface area (Å²) in [5.74, 6) is -1.46. The van der Waals surface area contributed by atoms with Gasteiger partial charge < -0.3 is 16.3 Å². The van der Waals surface area contributed by atoms with Gasteiger partial charge in [-0.15, -0.1) is 0 Å². The second-order valence-electron chi connectivity index (χ2n) is 3.55. The number of nitrogens with zero attached hydrogens (tertiary/aromatic N) is 2. The number of carbonyl (C=O) groups is 3. The monoisotopic (exact) mass is 269 g/mol. The molecule has 0 atom stereocenters. The molecule has 0 aromatic rings. The molecule has 0 saturated heterocycles. The molecule has 19 heavy (non-hydrogen) atoms. The number of urea groups is 1. The molecule has 0 aliphatic heterocycles. The molecule has 0 spiro atoms. The maximum Gasteiger partial charge on any atom is 0.321 e. The number of carbonyl (C=O) groups excluding carboxylic acids is 3. The first-order valence-electron chi connectivity index (χ1n) is 5.51. The van der Waals surface area contributed by atoms with Crippen molar-refractivity contribution in [2.24, 2.45) is 10.9 Å². The Morgan fingerprint density at radius 2 is 1.95 bits per heavy atom. The molecule has 0 aromatic carbocycles. The second-order valence-corrected chi connectivity index (χ2v) is 3.55. The molecule has 0 aliphatic rings. The predicted molar refractivity (Wildman–Crippen MR) is 64.0 cm³/mol. The largest absolute Gasteiger partial charge is 0.410 e. The van der Waals surface area contributed by atoms with Crippen LogP contribution in [-0.2, 0) is 9.59 Å². The molecule has 0 aromatic heterocycles. The first-order valence-corrected chi connectivity index (χ1v) is 5.51. The smallest absolute Gasteiger partial charge is 0.321 e. The van der Waals surface area contributed by atoms with Crippen molar-refractivity contribution in [2.75, 3.05) is 6.54 Å². The van der Waals surface area contributed by atoms with E-state index in [2.05, 4.69) is 10.5 Å². The Hall–Kier alpha value is -2.63. The maximum absolute atomic E-state index is 11.2. The van der Waals surface area contributed by atoms with Crippen molar-refractivity contribution in [2.45, 2.75) is 25.7 Å². The normalized spacial score (nSPS) is 10.4. The summed E-state index contributed by atoms with van der Waals surface area (Å²) in [6.07, 6.45) is 2.25. The van der Waals surface area contributed by atoms with E-state index in [9.17, 15) is 14.4 Å². The van der Waals surface area contributed by atoms with E-state index < -0.39 is 17.6 Å². The molecule has 0 saturated carbocycles. The van der Waals surface area contributed by atoms with Crippen LogP contribution in [0.1, 0.15) is 25.7 Å². The highest BCUT2D eigenvalue weighted by Gasteiger charge is 2.14. The van der Waals surface area contributed by atoms with Gasteiger partial charge in [0.15, 0.2) is 0 Å². The van der Waals surface area contributed by atoms with Crippen LogP contribution in [0.15, 0.2) is 5.16 Å².